The second kappa shape index (κ2) is 6.46. The molecular formula is C16H12BrN3OS. The lowest BCUT2D eigenvalue weighted by Gasteiger charge is -2.08. The molecule has 0 saturated heterocycles. The van der Waals surface area contributed by atoms with Crippen molar-refractivity contribution in [1.29, 1.82) is 0 Å². The maximum Gasteiger partial charge on any atom is 0.227 e. The van der Waals surface area contributed by atoms with E-state index >= 15 is 0 Å². The molecule has 0 aliphatic heterocycles. The van der Waals surface area contributed by atoms with Crippen molar-refractivity contribution in [1.82, 2.24) is 9.97 Å². The highest BCUT2D eigenvalue weighted by Gasteiger charge is 2.10. The van der Waals surface area contributed by atoms with Gasteiger partial charge in [-0.15, -0.1) is 0 Å². The summed E-state index contributed by atoms with van der Waals surface area (Å²) in [6.45, 7) is 0. The summed E-state index contributed by atoms with van der Waals surface area (Å²) in [4.78, 5) is 20.3. The van der Waals surface area contributed by atoms with E-state index < -0.39 is 0 Å². The number of benzene rings is 2. The first-order chi connectivity index (χ1) is 10.6. The van der Waals surface area contributed by atoms with Gasteiger partial charge in [-0.05, 0) is 18.2 Å². The minimum Gasteiger partial charge on any atom is -0.369 e. The minimum atomic E-state index is -0.363. The molecule has 22 heavy (non-hydrogen) atoms. The Morgan fingerprint density at radius 2 is 1.82 bits per heavy atom. The lowest BCUT2D eigenvalue weighted by Crippen LogP contribution is -2.13. The minimum absolute atomic E-state index is 0.195. The van der Waals surface area contributed by atoms with E-state index in [1.807, 2.05) is 48.5 Å². The molecule has 0 fully saturated rings. The molecule has 0 radical (unpaired) electrons. The van der Waals surface area contributed by atoms with E-state index in [1.165, 1.54) is 11.8 Å². The molecule has 1 amide bonds. The molecule has 2 N–H and O–H groups in total. The summed E-state index contributed by atoms with van der Waals surface area (Å²) >= 11 is 4.75. The van der Waals surface area contributed by atoms with Crippen molar-refractivity contribution in [3.05, 3.63) is 53.0 Å². The number of carbonyl (C=O) groups excluding carboxylic acids is 1. The molecule has 1 heterocycles. The Morgan fingerprint density at radius 1 is 1.09 bits per heavy atom. The van der Waals surface area contributed by atoms with Gasteiger partial charge in [-0.25, -0.2) is 9.97 Å². The van der Waals surface area contributed by atoms with Crippen LogP contribution < -0.4 is 5.73 Å². The molecule has 0 atom stereocenters. The SMILES string of the molecule is NC(=O)CSc1nc(-c2ccc(Br)cc2)nc2ccccc12. The quantitative estimate of drug-likeness (QED) is 0.559. The van der Waals surface area contributed by atoms with E-state index in [0.29, 0.717) is 5.82 Å². The van der Waals surface area contributed by atoms with Gasteiger partial charge in [-0.1, -0.05) is 58.0 Å². The number of fused-ring (bicyclic) bond motifs is 1. The molecule has 0 aliphatic carbocycles. The van der Waals surface area contributed by atoms with Crippen LogP contribution in [0.25, 0.3) is 22.3 Å². The molecule has 110 valence electrons. The van der Waals surface area contributed by atoms with Crippen molar-refractivity contribution in [3.8, 4) is 11.4 Å². The summed E-state index contributed by atoms with van der Waals surface area (Å²) in [5, 5.41) is 1.69. The van der Waals surface area contributed by atoms with Crippen LogP contribution in [0.3, 0.4) is 0 Å². The molecule has 0 unspecified atom stereocenters. The zero-order valence-electron chi connectivity index (χ0n) is 11.5. The van der Waals surface area contributed by atoms with Gasteiger partial charge in [0.05, 0.1) is 11.3 Å². The Balaban J connectivity index is 2.11. The van der Waals surface area contributed by atoms with Gasteiger partial charge in [-0.2, -0.15) is 0 Å². The summed E-state index contributed by atoms with van der Waals surface area (Å²) in [7, 11) is 0. The lowest BCUT2D eigenvalue weighted by molar-refractivity contribution is -0.115. The van der Waals surface area contributed by atoms with E-state index in [0.717, 1.165) is 26.0 Å². The molecule has 0 saturated carbocycles. The fourth-order valence-electron chi connectivity index (χ4n) is 2.03. The number of nitrogens with two attached hydrogens (primary N) is 1. The number of rotatable bonds is 4. The predicted molar refractivity (Wildman–Crippen MR) is 92.6 cm³/mol. The zero-order chi connectivity index (χ0) is 15.5. The van der Waals surface area contributed by atoms with Crippen molar-refractivity contribution >= 4 is 44.5 Å². The summed E-state index contributed by atoms with van der Waals surface area (Å²) in [6, 6.07) is 15.6. The Morgan fingerprint density at radius 3 is 2.55 bits per heavy atom. The second-order valence-electron chi connectivity index (χ2n) is 4.63. The van der Waals surface area contributed by atoms with Crippen LogP contribution in [0.1, 0.15) is 0 Å². The van der Waals surface area contributed by atoms with Gasteiger partial charge in [0, 0.05) is 15.4 Å². The highest BCUT2D eigenvalue weighted by molar-refractivity contribution is 9.10. The fraction of sp³-hybridized carbons (Fsp3) is 0.0625. The average molecular weight is 374 g/mol. The van der Waals surface area contributed by atoms with E-state index in [2.05, 4.69) is 25.9 Å². The van der Waals surface area contributed by atoms with Crippen LogP contribution in [-0.4, -0.2) is 21.6 Å². The molecule has 2 aromatic carbocycles. The Hall–Kier alpha value is -1.92. The van der Waals surface area contributed by atoms with Crippen LogP contribution in [0, 0.1) is 0 Å². The van der Waals surface area contributed by atoms with Crippen LogP contribution in [-0.2, 0) is 4.79 Å². The number of primary amides is 1. The zero-order valence-corrected chi connectivity index (χ0v) is 13.9. The van der Waals surface area contributed by atoms with Crippen molar-refractivity contribution in [2.75, 3.05) is 5.75 Å². The molecule has 0 spiro atoms. The number of para-hydroxylation sites is 1. The maximum absolute atomic E-state index is 11.1. The van der Waals surface area contributed by atoms with E-state index in [-0.39, 0.29) is 11.7 Å². The summed E-state index contributed by atoms with van der Waals surface area (Å²) in [5.41, 5.74) is 7.02. The topological polar surface area (TPSA) is 68.9 Å². The Bertz CT molecular complexity index is 836. The molecule has 6 heteroatoms. The normalized spacial score (nSPS) is 10.8. The molecule has 4 nitrogen and oxygen atoms in total. The Labute approximate surface area is 140 Å². The third-order valence-electron chi connectivity index (χ3n) is 3.02. The van der Waals surface area contributed by atoms with Gasteiger partial charge < -0.3 is 5.73 Å². The van der Waals surface area contributed by atoms with Crippen LogP contribution in [0.5, 0.6) is 0 Å². The van der Waals surface area contributed by atoms with Gasteiger partial charge >= 0.3 is 0 Å². The third kappa shape index (κ3) is 3.28. The number of amides is 1. The number of nitrogens with zero attached hydrogens (tertiary/aromatic N) is 2. The van der Waals surface area contributed by atoms with E-state index in [9.17, 15) is 4.79 Å². The second-order valence-corrected chi connectivity index (χ2v) is 6.51. The van der Waals surface area contributed by atoms with Crippen LogP contribution in [0.15, 0.2) is 58.0 Å². The first-order valence-electron chi connectivity index (χ1n) is 6.57. The molecule has 3 rings (SSSR count). The van der Waals surface area contributed by atoms with Crippen LogP contribution >= 0.6 is 27.7 Å². The van der Waals surface area contributed by atoms with Crippen LogP contribution in [0.2, 0.25) is 0 Å². The Kier molecular flexibility index (Phi) is 4.40. The maximum atomic E-state index is 11.1. The molecule has 3 aromatic rings. The van der Waals surface area contributed by atoms with Crippen molar-refractivity contribution in [3.63, 3.8) is 0 Å². The predicted octanol–water partition coefficient (Wildman–Crippen LogP) is 3.64. The third-order valence-corrected chi connectivity index (χ3v) is 4.56. The van der Waals surface area contributed by atoms with Crippen molar-refractivity contribution in [2.24, 2.45) is 5.73 Å². The average Bonchev–Trinajstić information content (AvgIpc) is 2.53. The number of carbonyl (C=O) groups is 1. The molecule has 0 bridgehead atoms. The van der Waals surface area contributed by atoms with Gasteiger partial charge in [0.15, 0.2) is 5.82 Å². The number of thioether (sulfide) groups is 1. The lowest BCUT2D eigenvalue weighted by atomic mass is 10.2. The molecule has 1 aromatic heterocycles. The molecular weight excluding hydrogens is 362 g/mol. The van der Waals surface area contributed by atoms with Gasteiger partial charge in [0.25, 0.3) is 0 Å². The van der Waals surface area contributed by atoms with E-state index in [1.54, 1.807) is 0 Å². The summed E-state index contributed by atoms with van der Waals surface area (Å²) < 4.78 is 1.00. The van der Waals surface area contributed by atoms with Crippen LogP contribution in [0.4, 0.5) is 0 Å². The first-order valence-corrected chi connectivity index (χ1v) is 8.35. The van der Waals surface area contributed by atoms with E-state index in [4.69, 9.17) is 5.73 Å². The smallest absolute Gasteiger partial charge is 0.227 e. The van der Waals surface area contributed by atoms with Crippen molar-refractivity contribution < 1.29 is 4.79 Å². The monoisotopic (exact) mass is 373 g/mol. The van der Waals surface area contributed by atoms with Gasteiger partial charge in [0.1, 0.15) is 5.03 Å². The number of halogens is 1. The number of hydrogen-bond donors (Lipinski definition) is 1. The fourth-order valence-corrected chi connectivity index (χ4v) is 3.05. The largest absolute Gasteiger partial charge is 0.369 e. The standard InChI is InChI=1S/C16H12BrN3OS/c17-11-7-5-10(6-8-11)15-19-13-4-2-1-3-12(13)16(20-15)22-9-14(18)21/h1-8H,9H2,(H2,18,21). The highest BCUT2D eigenvalue weighted by atomic mass is 79.9. The van der Waals surface area contributed by atoms with Gasteiger partial charge in [-0.3, -0.25) is 4.79 Å². The number of hydrogen-bond acceptors (Lipinski definition) is 4. The highest BCUT2D eigenvalue weighted by Crippen LogP contribution is 2.28. The summed E-state index contributed by atoms with van der Waals surface area (Å²) in [5.74, 6) is 0.469. The first kappa shape index (κ1) is 15.0. The summed E-state index contributed by atoms with van der Waals surface area (Å²) in [6.07, 6.45) is 0. The van der Waals surface area contributed by atoms with Crippen molar-refractivity contribution in [2.45, 2.75) is 5.03 Å². The number of aromatic nitrogens is 2. The molecule has 0 aliphatic rings. The van der Waals surface area contributed by atoms with Gasteiger partial charge in [0.2, 0.25) is 5.91 Å².